The van der Waals surface area contributed by atoms with Gasteiger partial charge in [0.2, 0.25) is 0 Å². The third kappa shape index (κ3) is 2.92. The van der Waals surface area contributed by atoms with Crippen LogP contribution in [0.3, 0.4) is 0 Å². The molecule has 0 saturated heterocycles. The Kier molecular flexibility index (Phi) is 4.70. The first-order valence-electron chi connectivity index (χ1n) is 5.73. The van der Waals surface area contributed by atoms with Crippen LogP contribution in [0.5, 0.6) is 0 Å². The third-order valence-corrected chi connectivity index (χ3v) is 2.15. The van der Waals surface area contributed by atoms with E-state index in [1.165, 1.54) is 5.56 Å². The van der Waals surface area contributed by atoms with Crippen LogP contribution < -0.4 is 0 Å². The van der Waals surface area contributed by atoms with E-state index in [0.29, 0.717) is 5.92 Å². The molecule has 0 unspecified atom stereocenters. The summed E-state index contributed by atoms with van der Waals surface area (Å²) in [6.07, 6.45) is 5.68. The molecule has 0 aliphatic rings. The molecule has 0 amide bonds. The normalized spacial score (nSPS) is 9.81. The van der Waals surface area contributed by atoms with Crippen LogP contribution in [-0.4, -0.2) is 14.8 Å². The van der Waals surface area contributed by atoms with Crippen molar-refractivity contribution >= 4 is 0 Å². The molecule has 0 bridgehead atoms. The van der Waals surface area contributed by atoms with Gasteiger partial charge in [0, 0.05) is 12.4 Å². The lowest BCUT2D eigenvalue weighted by Crippen LogP contribution is -1.96. The lowest BCUT2D eigenvalue weighted by molar-refractivity contribution is 0.839. The van der Waals surface area contributed by atoms with Gasteiger partial charge in [-0.05, 0) is 23.6 Å². The SMILES string of the molecule is CC.CC(C)c1cnn(-c2ccccn2)c1. The fourth-order valence-corrected chi connectivity index (χ4v) is 1.25. The average molecular weight is 217 g/mol. The molecule has 86 valence electrons. The molecule has 0 atom stereocenters. The predicted octanol–water partition coefficient (Wildman–Crippen LogP) is 3.42. The van der Waals surface area contributed by atoms with Gasteiger partial charge in [-0.2, -0.15) is 5.10 Å². The Morgan fingerprint density at radius 2 is 1.94 bits per heavy atom. The van der Waals surface area contributed by atoms with Crippen LogP contribution in [0.4, 0.5) is 0 Å². The highest BCUT2D eigenvalue weighted by atomic mass is 15.3. The Balaban J connectivity index is 0.000000606. The zero-order chi connectivity index (χ0) is 12.0. The molecule has 2 heterocycles. The Labute approximate surface area is 97.1 Å². The maximum Gasteiger partial charge on any atom is 0.153 e. The van der Waals surface area contributed by atoms with Gasteiger partial charge in [0.25, 0.3) is 0 Å². The minimum Gasteiger partial charge on any atom is -0.237 e. The van der Waals surface area contributed by atoms with Gasteiger partial charge in [-0.25, -0.2) is 9.67 Å². The van der Waals surface area contributed by atoms with E-state index < -0.39 is 0 Å². The number of hydrogen-bond donors (Lipinski definition) is 0. The van der Waals surface area contributed by atoms with E-state index in [0.717, 1.165) is 5.82 Å². The van der Waals surface area contributed by atoms with Gasteiger partial charge in [-0.1, -0.05) is 33.8 Å². The Hall–Kier alpha value is -1.64. The highest BCUT2D eigenvalue weighted by Crippen LogP contribution is 2.13. The first-order valence-corrected chi connectivity index (χ1v) is 5.73. The Morgan fingerprint density at radius 1 is 1.19 bits per heavy atom. The van der Waals surface area contributed by atoms with Crippen LogP contribution in [0.15, 0.2) is 36.8 Å². The van der Waals surface area contributed by atoms with Gasteiger partial charge in [0.1, 0.15) is 0 Å². The van der Waals surface area contributed by atoms with E-state index in [4.69, 9.17) is 0 Å². The Bertz CT molecular complexity index is 404. The lowest BCUT2D eigenvalue weighted by atomic mass is 10.1. The number of aromatic nitrogens is 3. The number of hydrogen-bond acceptors (Lipinski definition) is 2. The van der Waals surface area contributed by atoms with Crippen LogP contribution in [0.1, 0.15) is 39.2 Å². The second-order valence-corrected chi connectivity index (χ2v) is 3.56. The number of nitrogens with zero attached hydrogens (tertiary/aromatic N) is 3. The van der Waals surface area contributed by atoms with Crippen molar-refractivity contribution in [3.05, 3.63) is 42.4 Å². The summed E-state index contributed by atoms with van der Waals surface area (Å²) in [5, 5.41) is 4.26. The zero-order valence-electron chi connectivity index (χ0n) is 10.4. The largest absolute Gasteiger partial charge is 0.237 e. The number of rotatable bonds is 2. The fraction of sp³-hybridized carbons (Fsp3) is 0.385. The first kappa shape index (κ1) is 12.4. The lowest BCUT2D eigenvalue weighted by Gasteiger charge is -1.99. The minimum atomic E-state index is 0.507. The van der Waals surface area contributed by atoms with E-state index in [1.54, 1.807) is 10.9 Å². The van der Waals surface area contributed by atoms with Crippen molar-refractivity contribution in [3.8, 4) is 5.82 Å². The molecule has 0 radical (unpaired) electrons. The van der Waals surface area contributed by atoms with Crippen LogP contribution in [-0.2, 0) is 0 Å². The summed E-state index contributed by atoms with van der Waals surface area (Å²) in [7, 11) is 0. The molecule has 0 spiro atoms. The van der Waals surface area contributed by atoms with E-state index >= 15 is 0 Å². The average Bonchev–Trinajstić information content (AvgIpc) is 2.82. The summed E-state index contributed by atoms with van der Waals surface area (Å²) < 4.78 is 1.80. The molecule has 2 rings (SSSR count). The molecule has 0 fully saturated rings. The standard InChI is InChI=1S/C11H13N3.C2H6/c1-9(2)10-7-13-14(8-10)11-5-3-4-6-12-11;1-2/h3-9H,1-2H3;1-2H3. The van der Waals surface area contributed by atoms with E-state index in [9.17, 15) is 0 Å². The molecule has 0 N–H and O–H groups in total. The van der Waals surface area contributed by atoms with Crippen molar-refractivity contribution in [2.24, 2.45) is 0 Å². The molecule has 2 aromatic heterocycles. The van der Waals surface area contributed by atoms with Gasteiger partial charge in [-0.15, -0.1) is 0 Å². The highest BCUT2D eigenvalue weighted by molar-refractivity contribution is 5.22. The monoisotopic (exact) mass is 217 g/mol. The second-order valence-electron chi connectivity index (χ2n) is 3.56. The molecule has 3 heteroatoms. The van der Waals surface area contributed by atoms with E-state index in [-0.39, 0.29) is 0 Å². The molecule has 0 aromatic carbocycles. The maximum absolute atomic E-state index is 4.26. The van der Waals surface area contributed by atoms with Gasteiger partial charge < -0.3 is 0 Å². The fourth-order valence-electron chi connectivity index (χ4n) is 1.25. The van der Waals surface area contributed by atoms with Crippen LogP contribution in [0.2, 0.25) is 0 Å². The molecule has 0 aliphatic heterocycles. The Morgan fingerprint density at radius 3 is 2.44 bits per heavy atom. The summed E-state index contributed by atoms with van der Waals surface area (Å²) in [6.45, 7) is 8.31. The van der Waals surface area contributed by atoms with Gasteiger partial charge >= 0.3 is 0 Å². The highest BCUT2D eigenvalue weighted by Gasteiger charge is 2.03. The van der Waals surface area contributed by atoms with Crippen LogP contribution >= 0.6 is 0 Å². The molecular weight excluding hydrogens is 198 g/mol. The van der Waals surface area contributed by atoms with Crippen molar-refractivity contribution in [2.75, 3.05) is 0 Å². The van der Waals surface area contributed by atoms with Crippen LogP contribution in [0.25, 0.3) is 5.82 Å². The van der Waals surface area contributed by atoms with Crippen LogP contribution in [0, 0.1) is 0 Å². The van der Waals surface area contributed by atoms with E-state index in [1.807, 2.05) is 44.4 Å². The maximum atomic E-state index is 4.26. The van der Waals surface area contributed by atoms with Gasteiger partial charge in [-0.3, -0.25) is 0 Å². The van der Waals surface area contributed by atoms with E-state index in [2.05, 4.69) is 23.9 Å². The van der Waals surface area contributed by atoms with Gasteiger partial charge in [0.05, 0.1) is 6.20 Å². The quantitative estimate of drug-likeness (QED) is 0.771. The summed E-state index contributed by atoms with van der Waals surface area (Å²) in [5.41, 5.74) is 1.23. The molecule has 0 saturated carbocycles. The topological polar surface area (TPSA) is 30.7 Å². The molecule has 2 aromatic rings. The minimum absolute atomic E-state index is 0.507. The predicted molar refractivity (Wildman–Crippen MR) is 66.8 cm³/mol. The molecule has 3 nitrogen and oxygen atoms in total. The smallest absolute Gasteiger partial charge is 0.153 e. The van der Waals surface area contributed by atoms with Crippen molar-refractivity contribution in [3.63, 3.8) is 0 Å². The summed E-state index contributed by atoms with van der Waals surface area (Å²) >= 11 is 0. The molecule has 0 aliphatic carbocycles. The van der Waals surface area contributed by atoms with Crippen molar-refractivity contribution < 1.29 is 0 Å². The second kappa shape index (κ2) is 6.05. The zero-order valence-corrected chi connectivity index (χ0v) is 10.4. The van der Waals surface area contributed by atoms with Crippen molar-refractivity contribution in [1.82, 2.24) is 14.8 Å². The molecule has 16 heavy (non-hydrogen) atoms. The first-order chi connectivity index (χ1) is 7.77. The number of pyridine rings is 1. The van der Waals surface area contributed by atoms with Crippen molar-refractivity contribution in [1.29, 1.82) is 0 Å². The third-order valence-electron chi connectivity index (χ3n) is 2.15. The van der Waals surface area contributed by atoms with Crippen molar-refractivity contribution in [2.45, 2.75) is 33.6 Å². The molecular formula is C13H19N3. The summed E-state index contributed by atoms with van der Waals surface area (Å²) in [4.78, 5) is 4.22. The summed E-state index contributed by atoms with van der Waals surface area (Å²) in [5.74, 6) is 1.37. The van der Waals surface area contributed by atoms with Gasteiger partial charge in [0.15, 0.2) is 5.82 Å². The summed E-state index contributed by atoms with van der Waals surface area (Å²) in [6, 6.07) is 5.80.